The molecule has 0 saturated heterocycles. The first-order chi connectivity index (χ1) is 25.6. The maximum Gasteiger partial charge on any atom is 0.251 e. The number of H-pyrrole nitrogens is 1. The van der Waals surface area contributed by atoms with Crippen molar-refractivity contribution >= 4 is 35.8 Å². The smallest absolute Gasteiger partial charge is 0.251 e. The number of nitrogens with two attached hydrogens (primary N) is 1. The van der Waals surface area contributed by atoms with E-state index >= 15 is 4.39 Å². The zero-order valence-corrected chi connectivity index (χ0v) is 31.9. The molecule has 2 aliphatic rings. The molecule has 54 heavy (non-hydrogen) atoms. The van der Waals surface area contributed by atoms with Gasteiger partial charge in [0.15, 0.2) is 5.82 Å². The normalized spacial score (nSPS) is 20.4. The van der Waals surface area contributed by atoms with Crippen molar-refractivity contribution in [3.63, 3.8) is 0 Å². The molecule has 14 heteroatoms. The SMILES string of the molecule is Cc1cc(C(=O)NC2CCC(N(C)C)CC2)ccc1-c1cccc(C[C@H](NC(=O)[C@H]2CC[C@H](CN)CC2)C(=O)Nc2ccc(-c3nnn[nH]3)c(F)c2)c1.Cl. The number of anilines is 1. The third-order valence-electron chi connectivity index (χ3n) is 10.9. The van der Waals surface area contributed by atoms with Gasteiger partial charge in [-0.05, 0) is 148 Å². The van der Waals surface area contributed by atoms with Crippen LogP contribution >= 0.6 is 12.4 Å². The molecule has 6 rings (SSSR count). The monoisotopic (exact) mass is 759 g/mol. The van der Waals surface area contributed by atoms with Crippen LogP contribution in [0.4, 0.5) is 10.1 Å². The number of aromatic amines is 1. The molecule has 12 nitrogen and oxygen atoms in total. The Morgan fingerprint density at radius 2 is 1.69 bits per heavy atom. The Labute approximate surface area is 322 Å². The Morgan fingerprint density at radius 3 is 2.33 bits per heavy atom. The van der Waals surface area contributed by atoms with Crippen molar-refractivity contribution in [1.29, 1.82) is 0 Å². The van der Waals surface area contributed by atoms with Crippen molar-refractivity contribution in [3.05, 3.63) is 83.2 Å². The molecule has 3 amide bonds. The predicted octanol–water partition coefficient (Wildman–Crippen LogP) is 5.44. The number of aromatic nitrogens is 4. The molecule has 1 heterocycles. The number of carbonyl (C=O) groups is 3. The number of halogens is 2. The van der Waals surface area contributed by atoms with Gasteiger partial charge in [-0.15, -0.1) is 17.5 Å². The number of carbonyl (C=O) groups excluding carboxylic acids is 3. The standard InChI is InChI=1S/C40H50FN9O3.ClH/c1-24-19-29(39(52)43-30-12-15-32(16-13-30)50(2)3)11-17-33(24)28-6-4-5-26(20-28)21-36(45-38(51)27-9-7-25(23-42)8-10-27)40(53)44-31-14-18-34(35(41)22-31)37-46-48-49-47-37;/h4-6,11,14,17-20,22,25,27,30,32,36H,7-10,12-13,15-16,21,23,42H2,1-3H3,(H,43,52)(H,44,53)(H,45,51)(H,46,47,48,49);1H/t25-,27-,30?,32?,36-;/m0./s1. The molecule has 0 bridgehead atoms. The average Bonchev–Trinajstić information content (AvgIpc) is 3.70. The molecule has 2 fully saturated rings. The maximum atomic E-state index is 15.0. The van der Waals surface area contributed by atoms with Crippen molar-refractivity contribution in [2.45, 2.75) is 82.8 Å². The Hall–Kier alpha value is -4.72. The van der Waals surface area contributed by atoms with E-state index < -0.39 is 17.8 Å². The second kappa shape index (κ2) is 18.5. The summed E-state index contributed by atoms with van der Waals surface area (Å²) in [5.74, 6) is -0.948. The number of rotatable bonds is 12. The topological polar surface area (TPSA) is 171 Å². The van der Waals surface area contributed by atoms with E-state index in [0.717, 1.165) is 60.8 Å². The van der Waals surface area contributed by atoms with E-state index in [1.54, 1.807) is 6.07 Å². The highest BCUT2D eigenvalue weighted by molar-refractivity contribution is 5.98. The van der Waals surface area contributed by atoms with Gasteiger partial charge in [0.2, 0.25) is 11.8 Å². The third-order valence-corrected chi connectivity index (χ3v) is 10.9. The third kappa shape index (κ3) is 10.1. The fourth-order valence-corrected chi connectivity index (χ4v) is 7.68. The highest BCUT2D eigenvalue weighted by Gasteiger charge is 2.30. The summed E-state index contributed by atoms with van der Waals surface area (Å²) in [6.45, 7) is 2.59. The number of nitrogens with zero attached hydrogens (tertiary/aromatic N) is 4. The van der Waals surface area contributed by atoms with Crippen LogP contribution in [0, 0.1) is 24.6 Å². The molecular weight excluding hydrogens is 709 g/mol. The summed E-state index contributed by atoms with van der Waals surface area (Å²) in [7, 11) is 4.22. The van der Waals surface area contributed by atoms with Crippen LogP contribution in [0.3, 0.4) is 0 Å². The minimum absolute atomic E-state index is 0. The highest BCUT2D eigenvalue weighted by atomic mass is 35.5. The van der Waals surface area contributed by atoms with Gasteiger partial charge >= 0.3 is 0 Å². The van der Waals surface area contributed by atoms with Gasteiger partial charge in [-0.25, -0.2) is 9.49 Å². The molecule has 0 aliphatic heterocycles. The van der Waals surface area contributed by atoms with Crippen molar-refractivity contribution in [3.8, 4) is 22.5 Å². The minimum atomic E-state index is -0.925. The molecule has 0 radical (unpaired) electrons. The number of tetrazole rings is 1. The second-order valence-electron chi connectivity index (χ2n) is 14.8. The van der Waals surface area contributed by atoms with Crippen LogP contribution in [0.25, 0.3) is 22.5 Å². The molecule has 0 spiro atoms. The molecule has 1 aromatic heterocycles. The first-order valence-corrected chi connectivity index (χ1v) is 18.6. The Morgan fingerprint density at radius 1 is 0.944 bits per heavy atom. The van der Waals surface area contributed by atoms with E-state index in [1.807, 2.05) is 49.4 Å². The van der Waals surface area contributed by atoms with Crippen LogP contribution in [-0.4, -0.2) is 82.0 Å². The number of amides is 3. The van der Waals surface area contributed by atoms with Crippen molar-refractivity contribution in [2.75, 3.05) is 26.0 Å². The Kier molecular flexibility index (Phi) is 13.9. The molecule has 2 saturated carbocycles. The number of hydrogen-bond acceptors (Lipinski definition) is 8. The van der Waals surface area contributed by atoms with Crippen molar-refractivity contribution in [1.82, 2.24) is 36.2 Å². The van der Waals surface area contributed by atoms with Crippen LogP contribution in [0.15, 0.2) is 60.7 Å². The lowest BCUT2D eigenvalue weighted by atomic mass is 9.81. The lowest BCUT2D eigenvalue weighted by Crippen LogP contribution is -2.48. The summed E-state index contributed by atoms with van der Waals surface area (Å²) in [5, 5.41) is 22.3. The van der Waals surface area contributed by atoms with E-state index in [2.05, 4.69) is 55.6 Å². The molecule has 6 N–H and O–H groups in total. The maximum absolute atomic E-state index is 15.0. The van der Waals surface area contributed by atoms with E-state index in [4.69, 9.17) is 5.73 Å². The molecular formula is C40H51ClFN9O3. The number of hydrogen-bond donors (Lipinski definition) is 5. The lowest BCUT2D eigenvalue weighted by molar-refractivity contribution is -0.130. The van der Waals surface area contributed by atoms with Crippen LogP contribution < -0.4 is 21.7 Å². The first-order valence-electron chi connectivity index (χ1n) is 18.6. The van der Waals surface area contributed by atoms with E-state index in [9.17, 15) is 14.4 Å². The van der Waals surface area contributed by atoms with E-state index in [0.29, 0.717) is 36.9 Å². The summed E-state index contributed by atoms with van der Waals surface area (Å²) in [5.41, 5.74) is 10.6. The van der Waals surface area contributed by atoms with Gasteiger partial charge in [-0.1, -0.05) is 30.3 Å². The summed E-state index contributed by atoms with van der Waals surface area (Å²) in [4.78, 5) is 42.8. The van der Waals surface area contributed by atoms with Gasteiger partial charge < -0.3 is 26.6 Å². The van der Waals surface area contributed by atoms with Gasteiger partial charge in [0.05, 0.1) is 5.56 Å². The summed E-state index contributed by atoms with van der Waals surface area (Å²) >= 11 is 0. The van der Waals surface area contributed by atoms with E-state index in [-0.39, 0.29) is 59.7 Å². The van der Waals surface area contributed by atoms with Gasteiger partial charge in [0.1, 0.15) is 11.9 Å². The predicted molar refractivity (Wildman–Crippen MR) is 209 cm³/mol. The summed E-state index contributed by atoms with van der Waals surface area (Å²) < 4.78 is 15.0. The van der Waals surface area contributed by atoms with Crippen LogP contribution in [0.1, 0.15) is 72.9 Å². The zero-order valence-electron chi connectivity index (χ0n) is 31.1. The molecule has 288 valence electrons. The van der Waals surface area contributed by atoms with E-state index in [1.165, 1.54) is 12.1 Å². The minimum Gasteiger partial charge on any atom is -0.349 e. The van der Waals surface area contributed by atoms with Gasteiger partial charge in [-0.2, -0.15) is 0 Å². The quantitative estimate of drug-likeness (QED) is 0.127. The molecule has 4 aromatic rings. The largest absolute Gasteiger partial charge is 0.349 e. The molecule has 2 aliphatic carbocycles. The fourth-order valence-electron chi connectivity index (χ4n) is 7.68. The summed E-state index contributed by atoms with van der Waals surface area (Å²) in [6, 6.07) is 17.6. The van der Waals surface area contributed by atoms with Crippen molar-refractivity contribution < 1.29 is 18.8 Å². The number of aryl methyl sites for hydroxylation is 1. The number of benzene rings is 3. The molecule has 0 unspecified atom stereocenters. The van der Waals surface area contributed by atoms with Crippen LogP contribution in [0.5, 0.6) is 0 Å². The Balaban J connectivity index is 0.00000561. The second-order valence-corrected chi connectivity index (χ2v) is 14.8. The fraction of sp³-hybridized carbons (Fsp3) is 0.450. The van der Waals surface area contributed by atoms with Gasteiger partial charge in [0.25, 0.3) is 5.91 Å². The molecule has 1 atom stereocenters. The van der Waals surface area contributed by atoms with Crippen LogP contribution in [-0.2, 0) is 16.0 Å². The van der Waals surface area contributed by atoms with Gasteiger partial charge in [-0.3, -0.25) is 14.4 Å². The summed E-state index contributed by atoms with van der Waals surface area (Å²) in [6.07, 6.45) is 7.47. The van der Waals surface area contributed by atoms with Crippen molar-refractivity contribution in [2.24, 2.45) is 17.6 Å². The van der Waals surface area contributed by atoms with Gasteiger partial charge in [0, 0.05) is 35.7 Å². The zero-order chi connectivity index (χ0) is 37.5. The number of nitrogens with one attached hydrogen (secondary N) is 4. The Bertz CT molecular complexity index is 1890. The molecule has 3 aromatic carbocycles. The first kappa shape index (κ1) is 40.5. The highest BCUT2D eigenvalue weighted by Crippen LogP contribution is 2.30. The lowest BCUT2D eigenvalue weighted by Gasteiger charge is -2.33. The van der Waals surface area contributed by atoms with Crippen LogP contribution in [0.2, 0.25) is 0 Å². The average molecular weight is 760 g/mol.